The Hall–Kier alpha value is -2.00. The first-order valence-electron chi connectivity index (χ1n) is 9.53. The molecular formula is C21H21ClN2O4S2. The molecule has 0 bridgehead atoms. The van der Waals surface area contributed by atoms with Crippen molar-refractivity contribution in [3.63, 3.8) is 0 Å². The Kier molecular flexibility index (Phi) is 5.85. The lowest BCUT2D eigenvalue weighted by molar-refractivity contribution is 0.0917. The molecule has 30 heavy (non-hydrogen) atoms. The number of rotatable bonds is 5. The zero-order valence-corrected chi connectivity index (χ0v) is 19.0. The third-order valence-corrected chi connectivity index (χ3v) is 7.73. The molecule has 1 aliphatic heterocycles. The number of aryl methyl sites for hydroxylation is 1. The Bertz CT molecular complexity index is 1180. The minimum Gasteiger partial charge on any atom is -0.376 e. The van der Waals surface area contributed by atoms with Crippen LogP contribution in [0.15, 0.2) is 41.3 Å². The first-order valence-corrected chi connectivity index (χ1v) is 12.6. The van der Waals surface area contributed by atoms with Crippen LogP contribution in [-0.4, -0.2) is 44.8 Å². The van der Waals surface area contributed by atoms with E-state index in [1.807, 2.05) is 19.1 Å². The van der Waals surface area contributed by atoms with E-state index >= 15 is 0 Å². The standard InChI is InChI=1S/C21H21ClN2O4S2/c1-13-8-9-17(22)19-18(13)23-21(29-19)24(12-15-6-4-10-28-15)20(25)14-5-3-7-16(11-14)30(2,26)27/h3,5,7-9,11,15H,4,6,10,12H2,1-2H3. The van der Waals surface area contributed by atoms with Gasteiger partial charge in [-0.3, -0.25) is 9.69 Å². The maximum absolute atomic E-state index is 13.5. The van der Waals surface area contributed by atoms with Crippen LogP contribution in [0, 0.1) is 6.92 Å². The third-order valence-electron chi connectivity index (χ3n) is 5.08. The van der Waals surface area contributed by atoms with Gasteiger partial charge in [0.25, 0.3) is 5.91 Å². The number of benzene rings is 2. The summed E-state index contributed by atoms with van der Waals surface area (Å²) in [5.41, 5.74) is 2.02. The van der Waals surface area contributed by atoms with E-state index in [1.54, 1.807) is 17.0 Å². The van der Waals surface area contributed by atoms with Gasteiger partial charge in [-0.2, -0.15) is 0 Å². The van der Waals surface area contributed by atoms with Crippen LogP contribution in [0.25, 0.3) is 10.2 Å². The quantitative estimate of drug-likeness (QED) is 0.556. The van der Waals surface area contributed by atoms with E-state index < -0.39 is 9.84 Å². The number of hydrogen-bond acceptors (Lipinski definition) is 6. The number of anilines is 1. The van der Waals surface area contributed by atoms with Gasteiger partial charge in [-0.15, -0.1) is 0 Å². The van der Waals surface area contributed by atoms with E-state index in [4.69, 9.17) is 21.3 Å². The molecule has 1 amide bonds. The molecule has 0 aliphatic carbocycles. The monoisotopic (exact) mass is 464 g/mol. The lowest BCUT2D eigenvalue weighted by Gasteiger charge is -2.23. The van der Waals surface area contributed by atoms with E-state index in [0.29, 0.717) is 23.3 Å². The Labute approximate surface area is 184 Å². The van der Waals surface area contributed by atoms with E-state index in [-0.39, 0.29) is 22.5 Å². The highest BCUT2D eigenvalue weighted by Gasteiger charge is 2.28. The van der Waals surface area contributed by atoms with Gasteiger partial charge >= 0.3 is 0 Å². The second-order valence-electron chi connectivity index (χ2n) is 7.39. The second-order valence-corrected chi connectivity index (χ2v) is 10.8. The number of carbonyl (C=O) groups is 1. The van der Waals surface area contributed by atoms with Crippen LogP contribution in [0.2, 0.25) is 5.02 Å². The van der Waals surface area contributed by atoms with Gasteiger partial charge in [0.1, 0.15) is 0 Å². The molecule has 3 aromatic rings. The summed E-state index contributed by atoms with van der Waals surface area (Å²) in [6, 6.07) is 9.81. The van der Waals surface area contributed by atoms with Crippen molar-refractivity contribution in [2.24, 2.45) is 0 Å². The van der Waals surface area contributed by atoms with Crippen LogP contribution in [0.1, 0.15) is 28.8 Å². The smallest absolute Gasteiger partial charge is 0.260 e. The maximum Gasteiger partial charge on any atom is 0.260 e. The zero-order chi connectivity index (χ0) is 21.5. The SMILES string of the molecule is Cc1ccc(Cl)c2sc(N(CC3CCCO3)C(=O)c3cccc(S(C)(=O)=O)c3)nc12. The second kappa shape index (κ2) is 8.26. The minimum atomic E-state index is -3.43. The molecule has 0 spiro atoms. The highest BCUT2D eigenvalue weighted by atomic mass is 35.5. The summed E-state index contributed by atoms with van der Waals surface area (Å²) in [5, 5.41) is 1.11. The zero-order valence-electron chi connectivity index (χ0n) is 16.6. The molecule has 0 N–H and O–H groups in total. The molecule has 1 aliphatic rings. The van der Waals surface area contributed by atoms with Crippen molar-refractivity contribution < 1.29 is 17.9 Å². The summed E-state index contributed by atoms with van der Waals surface area (Å²) in [4.78, 5) is 19.9. The first kappa shape index (κ1) is 21.2. The van der Waals surface area contributed by atoms with Gasteiger partial charge in [-0.25, -0.2) is 13.4 Å². The molecule has 158 valence electrons. The van der Waals surface area contributed by atoms with Crippen molar-refractivity contribution in [2.45, 2.75) is 30.8 Å². The average Bonchev–Trinajstić information content (AvgIpc) is 3.38. The number of sulfone groups is 1. The van der Waals surface area contributed by atoms with Gasteiger partial charge in [0.15, 0.2) is 15.0 Å². The van der Waals surface area contributed by atoms with Gasteiger partial charge in [-0.05, 0) is 49.6 Å². The summed E-state index contributed by atoms with van der Waals surface area (Å²) < 4.78 is 30.5. The van der Waals surface area contributed by atoms with Crippen LogP contribution in [0.3, 0.4) is 0 Å². The minimum absolute atomic E-state index is 0.0874. The molecule has 6 nitrogen and oxygen atoms in total. The topological polar surface area (TPSA) is 76.6 Å². The Morgan fingerprint density at radius 3 is 2.80 bits per heavy atom. The number of aromatic nitrogens is 1. The number of amides is 1. The molecule has 0 saturated carbocycles. The molecule has 2 aromatic carbocycles. The predicted molar refractivity (Wildman–Crippen MR) is 120 cm³/mol. The van der Waals surface area contributed by atoms with E-state index in [0.717, 1.165) is 34.9 Å². The summed E-state index contributed by atoms with van der Waals surface area (Å²) in [7, 11) is -3.43. The molecule has 0 radical (unpaired) electrons. The largest absolute Gasteiger partial charge is 0.376 e. The van der Waals surface area contributed by atoms with E-state index in [9.17, 15) is 13.2 Å². The molecule has 1 unspecified atom stereocenters. The molecule has 4 rings (SSSR count). The highest BCUT2D eigenvalue weighted by Crippen LogP contribution is 2.36. The van der Waals surface area contributed by atoms with Crippen LogP contribution in [0.4, 0.5) is 5.13 Å². The maximum atomic E-state index is 13.5. The lowest BCUT2D eigenvalue weighted by atomic mass is 10.2. The summed E-state index contributed by atoms with van der Waals surface area (Å²) >= 11 is 7.71. The van der Waals surface area contributed by atoms with Gasteiger partial charge in [0.05, 0.1) is 32.8 Å². The fourth-order valence-electron chi connectivity index (χ4n) is 3.46. The molecule has 1 atom stereocenters. The number of carbonyl (C=O) groups excluding carboxylic acids is 1. The summed E-state index contributed by atoms with van der Waals surface area (Å²) in [6.07, 6.45) is 2.84. The number of halogens is 1. The molecule has 1 fully saturated rings. The molecular weight excluding hydrogens is 444 g/mol. The van der Waals surface area contributed by atoms with Crippen molar-refractivity contribution in [3.8, 4) is 0 Å². The number of nitrogens with zero attached hydrogens (tertiary/aromatic N) is 2. The number of hydrogen-bond donors (Lipinski definition) is 0. The van der Waals surface area contributed by atoms with Crippen LogP contribution < -0.4 is 4.90 Å². The predicted octanol–water partition coefficient (Wildman–Crippen LogP) is 4.49. The van der Waals surface area contributed by atoms with Gasteiger partial charge < -0.3 is 4.74 Å². The number of ether oxygens (including phenoxy) is 1. The van der Waals surface area contributed by atoms with Gasteiger partial charge in [-0.1, -0.05) is 35.1 Å². The molecule has 1 aromatic heterocycles. The Morgan fingerprint density at radius 1 is 1.33 bits per heavy atom. The Balaban J connectivity index is 1.78. The van der Waals surface area contributed by atoms with Crippen molar-refractivity contribution in [1.29, 1.82) is 0 Å². The van der Waals surface area contributed by atoms with Crippen molar-refractivity contribution >= 4 is 54.0 Å². The van der Waals surface area contributed by atoms with E-state index in [1.165, 1.54) is 23.5 Å². The van der Waals surface area contributed by atoms with Crippen LogP contribution in [0.5, 0.6) is 0 Å². The average molecular weight is 465 g/mol. The number of thiazole rings is 1. The fraction of sp³-hybridized carbons (Fsp3) is 0.333. The third kappa shape index (κ3) is 4.23. The fourth-order valence-corrected chi connectivity index (χ4v) is 5.45. The van der Waals surface area contributed by atoms with E-state index in [2.05, 4.69) is 0 Å². The molecule has 2 heterocycles. The van der Waals surface area contributed by atoms with Crippen molar-refractivity contribution in [3.05, 3.63) is 52.5 Å². The van der Waals surface area contributed by atoms with Crippen LogP contribution >= 0.6 is 22.9 Å². The van der Waals surface area contributed by atoms with Crippen molar-refractivity contribution in [1.82, 2.24) is 4.98 Å². The van der Waals surface area contributed by atoms with Gasteiger partial charge in [0, 0.05) is 18.4 Å². The van der Waals surface area contributed by atoms with Crippen LogP contribution in [-0.2, 0) is 14.6 Å². The summed E-state index contributed by atoms with van der Waals surface area (Å²) in [5.74, 6) is -0.316. The van der Waals surface area contributed by atoms with Gasteiger partial charge in [0.2, 0.25) is 0 Å². The molecule has 9 heteroatoms. The lowest BCUT2D eigenvalue weighted by Crippen LogP contribution is -2.37. The highest BCUT2D eigenvalue weighted by molar-refractivity contribution is 7.90. The Morgan fingerprint density at radius 2 is 2.13 bits per heavy atom. The number of fused-ring (bicyclic) bond motifs is 1. The van der Waals surface area contributed by atoms with Crippen molar-refractivity contribution in [2.75, 3.05) is 24.3 Å². The molecule has 1 saturated heterocycles. The first-order chi connectivity index (χ1) is 14.2. The summed E-state index contributed by atoms with van der Waals surface area (Å²) in [6.45, 7) is 2.96. The normalized spacial score (nSPS) is 16.8.